The van der Waals surface area contributed by atoms with Crippen molar-refractivity contribution in [3.05, 3.63) is 77.5 Å². The van der Waals surface area contributed by atoms with Gasteiger partial charge in [0.15, 0.2) is 0 Å². The van der Waals surface area contributed by atoms with Gasteiger partial charge in [0.2, 0.25) is 11.8 Å². The number of hydrogen-bond donors (Lipinski definition) is 1. The monoisotopic (exact) mass is 631 g/mol. The Morgan fingerprint density at radius 3 is 2.77 bits per heavy atom. The molecule has 3 fully saturated rings. The minimum absolute atomic E-state index is 0.0497. The molecule has 1 saturated carbocycles. The second-order valence-electron chi connectivity index (χ2n) is 12.3. The van der Waals surface area contributed by atoms with Crippen molar-refractivity contribution in [1.29, 1.82) is 0 Å². The summed E-state index contributed by atoms with van der Waals surface area (Å²) in [7, 11) is 0. The van der Waals surface area contributed by atoms with Crippen LogP contribution in [0.5, 0.6) is 0 Å². The minimum Gasteiger partial charge on any atom is -0.341 e. The highest BCUT2D eigenvalue weighted by atomic mass is 35.5. The smallest absolute Gasteiger partial charge is 0.230 e. The first kappa shape index (κ1) is 29.3. The van der Waals surface area contributed by atoms with E-state index in [1.54, 1.807) is 18.6 Å². The Morgan fingerprint density at radius 2 is 1.93 bits per heavy atom. The van der Waals surface area contributed by atoms with E-state index in [0.717, 1.165) is 78.5 Å². The van der Waals surface area contributed by atoms with Crippen LogP contribution in [-0.4, -0.2) is 54.8 Å². The number of amides is 2. The number of halogens is 2. The van der Waals surface area contributed by atoms with Gasteiger partial charge in [0.05, 0.1) is 28.3 Å². The van der Waals surface area contributed by atoms with Gasteiger partial charge in [-0.05, 0) is 72.9 Å². The molecule has 2 amide bonds. The molecule has 0 radical (unpaired) electrons. The van der Waals surface area contributed by atoms with Crippen LogP contribution in [0.3, 0.4) is 0 Å². The summed E-state index contributed by atoms with van der Waals surface area (Å²) in [5.74, 6) is 1.28. The Bertz CT molecular complexity index is 1720. The van der Waals surface area contributed by atoms with E-state index in [9.17, 15) is 14.0 Å². The predicted octanol–water partition coefficient (Wildman–Crippen LogP) is 7.18. The van der Waals surface area contributed by atoms with Crippen molar-refractivity contribution in [3.8, 4) is 11.1 Å². The number of pyridine rings is 1. The number of imidazole rings is 1. The Kier molecular flexibility index (Phi) is 8.10. The lowest BCUT2D eigenvalue weighted by Crippen LogP contribution is -2.43. The maximum absolute atomic E-state index is 13.8. The van der Waals surface area contributed by atoms with E-state index in [4.69, 9.17) is 11.6 Å². The molecule has 7 nitrogen and oxygen atoms in total. The lowest BCUT2D eigenvalue weighted by molar-refractivity contribution is -0.135. The number of benzene rings is 2. The van der Waals surface area contributed by atoms with Crippen LogP contribution >= 0.6 is 23.4 Å². The Labute approximate surface area is 265 Å². The number of nitrogens with zero attached hydrogens (tertiary/aromatic N) is 4. The first-order chi connectivity index (χ1) is 21.4. The molecule has 44 heavy (non-hydrogen) atoms. The third-order valence-corrected chi connectivity index (χ3v) is 11.5. The molecule has 0 bridgehead atoms. The number of fused-ring (bicyclic) bond motifs is 1. The molecule has 2 saturated heterocycles. The molecule has 2 atom stereocenters. The van der Waals surface area contributed by atoms with Crippen LogP contribution in [0.4, 0.5) is 10.2 Å². The molecule has 2 aliphatic heterocycles. The zero-order valence-corrected chi connectivity index (χ0v) is 26.0. The molecule has 2 aromatic heterocycles. The Hall–Kier alpha value is -3.43. The SMILES string of the molecule is O=C(Nc1cc(-c2ccc3ncn(Cc4cccc(F)c4)c3c2)c(Cl)cn1)C1CCSC12CCN(C(=O)C1CCCCC1)C2. The van der Waals surface area contributed by atoms with Crippen molar-refractivity contribution in [2.45, 2.75) is 56.2 Å². The molecular formula is C34H35ClFN5O2S. The summed E-state index contributed by atoms with van der Waals surface area (Å²) in [5.41, 5.74) is 4.16. The second kappa shape index (κ2) is 12.2. The van der Waals surface area contributed by atoms with Gasteiger partial charge in [0, 0.05) is 42.1 Å². The Morgan fingerprint density at radius 1 is 1.07 bits per heavy atom. The van der Waals surface area contributed by atoms with Crippen molar-refractivity contribution in [2.75, 3.05) is 24.2 Å². The van der Waals surface area contributed by atoms with Gasteiger partial charge in [-0.25, -0.2) is 14.4 Å². The van der Waals surface area contributed by atoms with Gasteiger partial charge in [-0.15, -0.1) is 0 Å². The summed E-state index contributed by atoms with van der Waals surface area (Å²) in [6.07, 6.45) is 10.4. The summed E-state index contributed by atoms with van der Waals surface area (Å²) >= 11 is 8.48. The molecule has 10 heteroatoms. The molecule has 228 valence electrons. The minimum atomic E-state index is -0.272. The fourth-order valence-corrected chi connectivity index (χ4v) is 9.12. The second-order valence-corrected chi connectivity index (χ2v) is 14.3. The van der Waals surface area contributed by atoms with E-state index in [-0.39, 0.29) is 34.2 Å². The highest BCUT2D eigenvalue weighted by molar-refractivity contribution is 8.01. The van der Waals surface area contributed by atoms with Gasteiger partial charge < -0.3 is 14.8 Å². The number of aromatic nitrogens is 3. The summed E-state index contributed by atoms with van der Waals surface area (Å²) in [6.45, 7) is 1.86. The molecule has 1 spiro atoms. The standard InChI is InChI=1S/C34H35ClFN5O2S/c35-28-18-37-31(17-26(28)24-9-10-29-30(16-24)41(21-38-29)19-22-5-4-8-25(36)15-22)39-32(42)27-11-14-44-34(27)12-13-40(20-34)33(43)23-6-2-1-3-7-23/h4-5,8-10,15-18,21,23,27H,1-3,6-7,11-14,19-20H2,(H,37,39,42). The van der Waals surface area contributed by atoms with Gasteiger partial charge in [-0.3, -0.25) is 9.59 Å². The maximum atomic E-state index is 13.8. The first-order valence-electron chi connectivity index (χ1n) is 15.5. The van der Waals surface area contributed by atoms with Gasteiger partial charge in [0.25, 0.3) is 0 Å². The van der Waals surface area contributed by atoms with Crippen LogP contribution < -0.4 is 5.32 Å². The molecule has 2 aromatic carbocycles. The van der Waals surface area contributed by atoms with Crippen molar-refractivity contribution < 1.29 is 14.0 Å². The zero-order valence-electron chi connectivity index (χ0n) is 24.5. The topological polar surface area (TPSA) is 80.1 Å². The number of likely N-dealkylation sites (tertiary alicyclic amines) is 1. The van der Waals surface area contributed by atoms with Crippen LogP contribution in [0, 0.1) is 17.7 Å². The van der Waals surface area contributed by atoms with Crippen molar-refractivity contribution in [2.24, 2.45) is 11.8 Å². The fraction of sp³-hybridized carbons (Fsp3) is 0.412. The number of thioether (sulfide) groups is 1. The molecule has 3 aliphatic rings. The van der Waals surface area contributed by atoms with E-state index in [1.165, 1.54) is 18.6 Å². The van der Waals surface area contributed by atoms with Gasteiger partial charge >= 0.3 is 0 Å². The number of rotatable bonds is 6. The number of carbonyl (C=O) groups excluding carboxylic acids is 2. The summed E-state index contributed by atoms with van der Waals surface area (Å²) in [4.78, 5) is 38.0. The third kappa shape index (κ3) is 5.72. The predicted molar refractivity (Wildman–Crippen MR) is 173 cm³/mol. The molecule has 2 unspecified atom stereocenters. The van der Waals surface area contributed by atoms with E-state index in [0.29, 0.717) is 23.9 Å². The quantitative estimate of drug-likeness (QED) is 0.244. The van der Waals surface area contributed by atoms with Crippen molar-refractivity contribution in [3.63, 3.8) is 0 Å². The average Bonchev–Trinajstić information content (AvgIpc) is 3.77. The van der Waals surface area contributed by atoms with Crippen molar-refractivity contribution >= 4 is 52.0 Å². The normalized spacial score (nSPS) is 22.2. The number of anilines is 1. The van der Waals surface area contributed by atoms with E-state index < -0.39 is 0 Å². The van der Waals surface area contributed by atoms with Crippen LogP contribution in [0.25, 0.3) is 22.2 Å². The number of carbonyl (C=O) groups is 2. The average molecular weight is 632 g/mol. The fourth-order valence-electron chi connectivity index (χ4n) is 7.24. The summed E-state index contributed by atoms with van der Waals surface area (Å²) in [5, 5.41) is 3.55. The lowest BCUT2D eigenvalue weighted by Gasteiger charge is -2.31. The Balaban J connectivity index is 1.08. The molecule has 4 heterocycles. The number of nitrogens with one attached hydrogen (secondary N) is 1. The largest absolute Gasteiger partial charge is 0.341 e. The number of hydrogen-bond acceptors (Lipinski definition) is 5. The summed E-state index contributed by atoms with van der Waals surface area (Å²) in [6, 6.07) is 14.3. The van der Waals surface area contributed by atoms with E-state index in [1.807, 2.05) is 51.6 Å². The first-order valence-corrected chi connectivity index (χ1v) is 16.8. The van der Waals surface area contributed by atoms with Crippen LogP contribution in [0.15, 0.2) is 61.1 Å². The summed E-state index contributed by atoms with van der Waals surface area (Å²) < 4.78 is 15.5. The molecule has 4 aromatic rings. The molecular weight excluding hydrogens is 597 g/mol. The van der Waals surface area contributed by atoms with E-state index >= 15 is 0 Å². The van der Waals surface area contributed by atoms with Crippen molar-refractivity contribution in [1.82, 2.24) is 19.4 Å². The highest BCUT2D eigenvalue weighted by Gasteiger charge is 2.52. The van der Waals surface area contributed by atoms with Crippen LogP contribution in [0.1, 0.15) is 50.5 Å². The van der Waals surface area contributed by atoms with Gasteiger partial charge in [0.1, 0.15) is 11.6 Å². The van der Waals surface area contributed by atoms with Gasteiger partial charge in [-0.1, -0.05) is 49.1 Å². The van der Waals surface area contributed by atoms with Gasteiger partial charge in [-0.2, -0.15) is 11.8 Å². The lowest BCUT2D eigenvalue weighted by atomic mass is 9.87. The molecule has 1 N–H and O–H groups in total. The maximum Gasteiger partial charge on any atom is 0.230 e. The zero-order chi connectivity index (χ0) is 30.3. The molecule has 1 aliphatic carbocycles. The van der Waals surface area contributed by atoms with Crippen LogP contribution in [0.2, 0.25) is 5.02 Å². The van der Waals surface area contributed by atoms with Crippen LogP contribution in [-0.2, 0) is 16.1 Å². The van der Waals surface area contributed by atoms with E-state index in [2.05, 4.69) is 15.3 Å². The highest BCUT2D eigenvalue weighted by Crippen LogP contribution is 2.50. The molecule has 7 rings (SSSR count). The third-order valence-electron chi connectivity index (χ3n) is 9.56.